The van der Waals surface area contributed by atoms with Gasteiger partial charge in [0.25, 0.3) is 0 Å². The quantitative estimate of drug-likeness (QED) is 0.494. The number of allylic oxidation sites excluding steroid dienone is 6. The van der Waals surface area contributed by atoms with Gasteiger partial charge >= 0.3 is 0 Å². The molecule has 1 aliphatic heterocycles. The molecule has 0 atom stereocenters. The molecule has 0 N–H and O–H groups in total. The number of hydrogen-bond acceptors (Lipinski definition) is 2. The van der Waals surface area contributed by atoms with Gasteiger partial charge in [-0.25, -0.2) is 0 Å². The molecule has 0 bridgehead atoms. The average Bonchev–Trinajstić information content (AvgIpc) is 2.47. The number of rotatable bonds is 2. The lowest BCUT2D eigenvalue weighted by atomic mass is 10.2. The van der Waals surface area contributed by atoms with Crippen LogP contribution in [0.1, 0.15) is 20.3 Å². The largest absolute Gasteiger partial charge is 0.257 e. The van der Waals surface area contributed by atoms with Crippen LogP contribution in [0.25, 0.3) is 0 Å². The highest BCUT2D eigenvalue weighted by Gasteiger charge is 2.06. The molecule has 64 valence electrons. The van der Waals surface area contributed by atoms with Gasteiger partial charge in [-0.15, -0.1) is 12.6 Å². The molecule has 0 aromatic carbocycles. The van der Waals surface area contributed by atoms with Gasteiger partial charge in [0.2, 0.25) is 0 Å². The molecule has 0 aliphatic carbocycles. The zero-order valence-corrected chi connectivity index (χ0v) is 8.31. The molecule has 1 rings (SSSR count). The molecule has 0 spiro atoms. The van der Waals surface area contributed by atoms with Gasteiger partial charge in [0, 0.05) is 17.0 Å². The summed E-state index contributed by atoms with van der Waals surface area (Å²) in [5.41, 5.74) is 2.15. The molecule has 1 nitrogen and oxygen atoms in total. The van der Waals surface area contributed by atoms with E-state index in [1.807, 2.05) is 32.1 Å². The molecule has 0 fully saturated rings. The van der Waals surface area contributed by atoms with Crippen LogP contribution in [0.2, 0.25) is 0 Å². The van der Waals surface area contributed by atoms with E-state index in [0.717, 1.165) is 22.7 Å². The molecule has 0 aromatic rings. The minimum Gasteiger partial charge on any atom is -0.257 e. The molecule has 0 radical (unpaired) electrons. The topological polar surface area (TPSA) is 12.4 Å². The van der Waals surface area contributed by atoms with Gasteiger partial charge in [-0.2, -0.15) is 0 Å². The summed E-state index contributed by atoms with van der Waals surface area (Å²) < 4.78 is 0. The lowest BCUT2D eigenvalue weighted by molar-refractivity contribution is 1.34. The van der Waals surface area contributed by atoms with E-state index in [2.05, 4.69) is 23.7 Å². The normalized spacial score (nSPS) is 18.4. The van der Waals surface area contributed by atoms with E-state index in [0.29, 0.717) is 0 Å². The molecule has 0 saturated carbocycles. The van der Waals surface area contributed by atoms with E-state index in [9.17, 15) is 0 Å². The summed E-state index contributed by atoms with van der Waals surface area (Å²) in [6.45, 7) is 3.99. The first-order valence-corrected chi connectivity index (χ1v) is 4.45. The van der Waals surface area contributed by atoms with Gasteiger partial charge in [0.1, 0.15) is 0 Å². The Bertz CT molecular complexity index is 282. The Balaban J connectivity index is 2.68. The summed E-state index contributed by atoms with van der Waals surface area (Å²) in [6, 6.07) is 0. The lowest BCUT2D eigenvalue weighted by Crippen LogP contribution is -1.91. The maximum Gasteiger partial charge on any atom is 0.0578 e. The summed E-state index contributed by atoms with van der Waals surface area (Å²) >= 11 is 4.35. The van der Waals surface area contributed by atoms with Crippen molar-refractivity contribution in [3.8, 4) is 0 Å². The number of thiol groups is 1. The molecular weight excluding hydrogens is 166 g/mol. The first-order chi connectivity index (χ1) is 5.74. The molecule has 0 aromatic heterocycles. The second kappa shape index (κ2) is 4.31. The zero-order valence-electron chi connectivity index (χ0n) is 7.41. The second-order valence-corrected chi connectivity index (χ2v) is 3.17. The third-order valence-electron chi connectivity index (χ3n) is 1.64. The van der Waals surface area contributed by atoms with Crippen LogP contribution in [0.5, 0.6) is 0 Å². The molecule has 1 heterocycles. The molecular formula is C10H13NS. The monoisotopic (exact) mass is 179 g/mol. The molecule has 0 amide bonds. The van der Waals surface area contributed by atoms with E-state index < -0.39 is 0 Å². The van der Waals surface area contributed by atoms with E-state index in [1.165, 1.54) is 0 Å². The lowest BCUT2D eigenvalue weighted by Gasteiger charge is -1.95. The fourth-order valence-corrected chi connectivity index (χ4v) is 1.22. The van der Waals surface area contributed by atoms with Crippen LogP contribution in [-0.2, 0) is 0 Å². The highest BCUT2D eigenvalue weighted by atomic mass is 32.1. The first kappa shape index (κ1) is 9.33. The van der Waals surface area contributed by atoms with Crippen molar-refractivity contribution in [1.29, 1.82) is 0 Å². The Morgan fingerprint density at radius 3 is 2.92 bits per heavy atom. The fourth-order valence-electron chi connectivity index (χ4n) is 0.994. The summed E-state index contributed by atoms with van der Waals surface area (Å²) in [5.74, 6) is 0. The van der Waals surface area contributed by atoms with E-state index in [-0.39, 0.29) is 0 Å². The minimum atomic E-state index is 0.915. The Hall–Kier alpha value is -0.760. The smallest absolute Gasteiger partial charge is 0.0578 e. The molecule has 12 heavy (non-hydrogen) atoms. The third kappa shape index (κ3) is 2.38. The van der Waals surface area contributed by atoms with Crippen LogP contribution in [0.15, 0.2) is 39.9 Å². The maximum absolute atomic E-state index is 4.35. The molecule has 0 saturated heterocycles. The number of nitrogens with zero attached hydrogens (tertiary/aromatic N) is 1. The Labute approximate surface area is 79.0 Å². The molecule has 1 aliphatic rings. The zero-order chi connectivity index (χ0) is 8.97. The van der Waals surface area contributed by atoms with Crippen LogP contribution in [0.4, 0.5) is 0 Å². The van der Waals surface area contributed by atoms with Crippen LogP contribution in [0.3, 0.4) is 0 Å². The van der Waals surface area contributed by atoms with Gasteiger partial charge in [-0.05, 0) is 19.9 Å². The van der Waals surface area contributed by atoms with Gasteiger partial charge < -0.3 is 0 Å². The maximum atomic E-state index is 4.35. The number of hydrogen-bond donors (Lipinski definition) is 1. The van der Waals surface area contributed by atoms with Gasteiger partial charge in [-0.1, -0.05) is 18.2 Å². The van der Waals surface area contributed by atoms with Crippen molar-refractivity contribution in [3.63, 3.8) is 0 Å². The predicted octanol–water partition coefficient (Wildman–Crippen LogP) is 3.12. The Kier molecular flexibility index (Phi) is 3.35. The van der Waals surface area contributed by atoms with E-state index in [1.54, 1.807) is 0 Å². The van der Waals surface area contributed by atoms with Crippen molar-refractivity contribution < 1.29 is 0 Å². The Morgan fingerprint density at radius 2 is 2.42 bits per heavy atom. The standard InChI is InChI=1S/C10H13NS/c1-3-4-5-10(12)9-7-6-8(2)11-9/h3-6,12H,7H2,1-2H3/b4-3-,10-5-. The fraction of sp³-hybridized carbons (Fsp3) is 0.300. The number of aliphatic imine (C=N–C) groups is 1. The van der Waals surface area contributed by atoms with Crippen LogP contribution >= 0.6 is 12.6 Å². The first-order valence-electron chi connectivity index (χ1n) is 4.00. The molecule has 0 unspecified atom stereocenters. The summed E-state index contributed by atoms with van der Waals surface area (Å²) in [7, 11) is 0. The van der Waals surface area contributed by atoms with Crippen molar-refractivity contribution in [1.82, 2.24) is 0 Å². The third-order valence-corrected chi connectivity index (χ3v) is 2.05. The molecule has 2 heteroatoms. The van der Waals surface area contributed by atoms with E-state index in [4.69, 9.17) is 0 Å². The van der Waals surface area contributed by atoms with Crippen LogP contribution in [0, 0.1) is 0 Å². The van der Waals surface area contributed by atoms with Crippen molar-refractivity contribution in [2.45, 2.75) is 20.3 Å². The van der Waals surface area contributed by atoms with Crippen LogP contribution in [-0.4, -0.2) is 5.71 Å². The summed E-state index contributed by atoms with van der Waals surface area (Å²) in [5, 5.41) is 0. The van der Waals surface area contributed by atoms with Crippen LogP contribution < -0.4 is 0 Å². The average molecular weight is 179 g/mol. The van der Waals surface area contributed by atoms with Crippen molar-refractivity contribution in [2.75, 3.05) is 0 Å². The van der Waals surface area contributed by atoms with Gasteiger partial charge in [-0.3, -0.25) is 4.99 Å². The minimum absolute atomic E-state index is 0.915. The highest BCUT2D eigenvalue weighted by Crippen LogP contribution is 2.17. The Morgan fingerprint density at radius 1 is 1.67 bits per heavy atom. The van der Waals surface area contributed by atoms with Crippen molar-refractivity contribution >= 4 is 18.3 Å². The second-order valence-electron chi connectivity index (χ2n) is 2.69. The highest BCUT2D eigenvalue weighted by molar-refractivity contribution is 7.85. The van der Waals surface area contributed by atoms with Gasteiger partial charge in [0.15, 0.2) is 0 Å². The van der Waals surface area contributed by atoms with Gasteiger partial charge in [0.05, 0.1) is 5.71 Å². The summed E-state index contributed by atoms with van der Waals surface area (Å²) in [6.07, 6.45) is 8.94. The van der Waals surface area contributed by atoms with E-state index >= 15 is 0 Å². The SMILES string of the molecule is C/C=C\C=C(/S)C1=NC(C)=CC1. The van der Waals surface area contributed by atoms with Crippen molar-refractivity contribution in [3.05, 3.63) is 34.9 Å². The predicted molar refractivity (Wildman–Crippen MR) is 57.7 cm³/mol. The summed E-state index contributed by atoms with van der Waals surface area (Å²) in [4.78, 5) is 5.30. The van der Waals surface area contributed by atoms with Crippen molar-refractivity contribution in [2.24, 2.45) is 4.99 Å².